The normalized spacial score (nSPS) is 10.3. The summed E-state index contributed by atoms with van der Waals surface area (Å²) in [5.74, 6) is 0. The molecule has 13 heavy (non-hydrogen) atoms. The van der Waals surface area contributed by atoms with Gasteiger partial charge in [0.1, 0.15) is 17.7 Å². The van der Waals surface area contributed by atoms with Gasteiger partial charge in [-0.2, -0.15) is 5.10 Å². The van der Waals surface area contributed by atoms with Crippen LogP contribution < -0.4 is 0 Å². The molecule has 0 fully saturated rings. The molecule has 0 aliphatic carbocycles. The highest BCUT2D eigenvalue weighted by Gasteiger charge is 2.06. The second-order valence-electron chi connectivity index (χ2n) is 2.59. The van der Waals surface area contributed by atoms with Crippen molar-refractivity contribution in [1.29, 1.82) is 0 Å². The summed E-state index contributed by atoms with van der Waals surface area (Å²) >= 11 is 5.89. The number of nitrogens with zero attached hydrogens (tertiary/aromatic N) is 4. The van der Waals surface area contributed by atoms with Crippen molar-refractivity contribution in [3.05, 3.63) is 29.8 Å². The van der Waals surface area contributed by atoms with E-state index in [4.69, 9.17) is 11.6 Å². The summed E-state index contributed by atoms with van der Waals surface area (Å²) in [6.07, 6.45) is 4.85. The fourth-order valence-electron chi connectivity index (χ4n) is 1.04. The van der Waals surface area contributed by atoms with Gasteiger partial charge < -0.3 is 0 Å². The van der Waals surface area contributed by atoms with Crippen LogP contribution in [0.3, 0.4) is 0 Å². The average Bonchev–Trinajstić information content (AvgIpc) is 2.53. The van der Waals surface area contributed by atoms with E-state index < -0.39 is 0 Å². The van der Waals surface area contributed by atoms with Crippen LogP contribution in [0.1, 0.15) is 0 Å². The lowest BCUT2D eigenvalue weighted by molar-refractivity contribution is 0.770. The molecule has 2 aromatic rings. The van der Waals surface area contributed by atoms with E-state index in [1.54, 1.807) is 10.9 Å². The van der Waals surface area contributed by atoms with Crippen LogP contribution in [0.15, 0.2) is 24.8 Å². The Labute approximate surface area is 80.2 Å². The van der Waals surface area contributed by atoms with Crippen molar-refractivity contribution in [3.8, 4) is 11.4 Å². The zero-order valence-corrected chi connectivity index (χ0v) is 7.73. The molecular formula is C8H7ClN4. The van der Waals surface area contributed by atoms with E-state index in [0.29, 0.717) is 10.7 Å². The highest BCUT2D eigenvalue weighted by Crippen LogP contribution is 2.21. The maximum absolute atomic E-state index is 5.89. The van der Waals surface area contributed by atoms with Crippen LogP contribution in [0.25, 0.3) is 11.4 Å². The fourth-order valence-corrected chi connectivity index (χ4v) is 1.24. The molecule has 0 aromatic carbocycles. The third kappa shape index (κ3) is 1.53. The summed E-state index contributed by atoms with van der Waals surface area (Å²) in [4.78, 5) is 7.84. The second-order valence-corrected chi connectivity index (χ2v) is 3.00. The van der Waals surface area contributed by atoms with Gasteiger partial charge in [-0.15, -0.1) is 0 Å². The molecule has 66 valence electrons. The van der Waals surface area contributed by atoms with Crippen molar-refractivity contribution >= 4 is 11.6 Å². The maximum Gasteiger partial charge on any atom is 0.116 e. The monoisotopic (exact) mass is 194 g/mol. The first-order valence-corrected chi connectivity index (χ1v) is 4.10. The summed E-state index contributed by atoms with van der Waals surface area (Å²) in [6.45, 7) is 0. The molecule has 0 aliphatic heterocycles. The van der Waals surface area contributed by atoms with Crippen molar-refractivity contribution in [2.24, 2.45) is 7.05 Å². The molecule has 2 aromatic heterocycles. The minimum absolute atomic E-state index is 0.515. The van der Waals surface area contributed by atoms with Gasteiger partial charge in [-0.25, -0.2) is 9.97 Å². The molecule has 0 amide bonds. The summed E-state index contributed by atoms with van der Waals surface area (Å²) in [5.41, 5.74) is 1.42. The minimum atomic E-state index is 0.515. The van der Waals surface area contributed by atoms with Gasteiger partial charge in [-0.1, -0.05) is 11.6 Å². The molecule has 4 nitrogen and oxygen atoms in total. The molecule has 0 aliphatic rings. The number of halogens is 1. The molecule has 0 spiro atoms. The zero-order valence-electron chi connectivity index (χ0n) is 6.98. The smallest absolute Gasteiger partial charge is 0.116 e. The van der Waals surface area contributed by atoms with Gasteiger partial charge in [0.15, 0.2) is 0 Å². The molecule has 5 heteroatoms. The van der Waals surface area contributed by atoms with E-state index in [0.717, 1.165) is 5.69 Å². The number of hydrogen-bond donors (Lipinski definition) is 0. The third-order valence-corrected chi connectivity index (χ3v) is 1.90. The van der Waals surface area contributed by atoms with Crippen LogP contribution in [0.2, 0.25) is 5.02 Å². The molecule has 2 rings (SSSR count). The first kappa shape index (κ1) is 8.19. The van der Waals surface area contributed by atoms with Crippen LogP contribution in [0, 0.1) is 0 Å². The van der Waals surface area contributed by atoms with E-state index in [-0.39, 0.29) is 0 Å². The van der Waals surface area contributed by atoms with Crippen molar-refractivity contribution in [3.63, 3.8) is 0 Å². The molecular weight excluding hydrogens is 188 g/mol. The molecule has 0 unspecified atom stereocenters. The van der Waals surface area contributed by atoms with Crippen LogP contribution in [-0.2, 0) is 7.05 Å². The van der Waals surface area contributed by atoms with E-state index >= 15 is 0 Å². The van der Waals surface area contributed by atoms with E-state index in [2.05, 4.69) is 15.1 Å². The van der Waals surface area contributed by atoms with Crippen molar-refractivity contribution in [1.82, 2.24) is 19.7 Å². The molecule has 0 radical (unpaired) electrons. The first-order chi connectivity index (χ1) is 6.27. The second kappa shape index (κ2) is 3.14. The summed E-state index contributed by atoms with van der Waals surface area (Å²) in [5, 5.41) is 4.70. The predicted molar refractivity (Wildman–Crippen MR) is 49.2 cm³/mol. The summed E-state index contributed by atoms with van der Waals surface area (Å²) in [6, 6.07) is 1.86. The lowest BCUT2D eigenvalue weighted by Gasteiger charge is -1.96. The summed E-state index contributed by atoms with van der Waals surface area (Å²) < 4.78 is 1.70. The molecule has 0 saturated heterocycles. The van der Waals surface area contributed by atoms with Crippen LogP contribution >= 0.6 is 11.6 Å². The van der Waals surface area contributed by atoms with Crippen molar-refractivity contribution in [2.45, 2.75) is 0 Å². The largest absolute Gasteiger partial charge is 0.275 e. The average molecular weight is 195 g/mol. The maximum atomic E-state index is 5.89. The summed E-state index contributed by atoms with van der Waals surface area (Å²) in [7, 11) is 1.85. The Morgan fingerprint density at radius 2 is 2.31 bits per heavy atom. The molecule has 0 atom stereocenters. The lowest BCUT2D eigenvalue weighted by atomic mass is 10.3. The van der Waals surface area contributed by atoms with Crippen LogP contribution in [-0.4, -0.2) is 19.7 Å². The molecule has 0 bridgehead atoms. The first-order valence-electron chi connectivity index (χ1n) is 3.73. The Kier molecular flexibility index (Phi) is 1.98. The van der Waals surface area contributed by atoms with Gasteiger partial charge in [0.2, 0.25) is 0 Å². The number of rotatable bonds is 1. The molecule has 2 heterocycles. The minimum Gasteiger partial charge on any atom is -0.275 e. The topological polar surface area (TPSA) is 43.6 Å². The van der Waals surface area contributed by atoms with Gasteiger partial charge in [-0.3, -0.25) is 4.68 Å². The Morgan fingerprint density at radius 3 is 2.92 bits per heavy atom. The van der Waals surface area contributed by atoms with Gasteiger partial charge in [0.25, 0.3) is 0 Å². The number of hydrogen-bond acceptors (Lipinski definition) is 3. The van der Waals surface area contributed by atoms with E-state index in [9.17, 15) is 0 Å². The molecule has 0 saturated carbocycles. The van der Waals surface area contributed by atoms with Gasteiger partial charge in [0, 0.05) is 19.4 Å². The predicted octanol–water partition coefficient (Wildman–Crippen LogP) is 1.53. The van der Waals surface area contributed by atoms with Gasteiger partial charge >= 0.3 is 0 Å². The van der Waals surface area contributed by atoms with Gasteiger partial charge in [-0.05, 0) is 6.07 Å². The zero-order chi connectivity index (χ0) is 9.26. The number of aryl methyl sites for hydroxylation is 1. The lowest BCUT2D eigenvalue weighted by Crippen LogP contribution is -1.90. The van der Waals surface area contributed by atoms with Crippen LogP contribution in [0.4, 0.5) is 0 Å². The standard InChI is InChI=1S/C8H7ClN4/c1-13-3-2-7(12-13)8-6(9)4-10-5-11-8/h2-5H,1H3. The number of aromatic nitrogens is 4. The van der Waals surface area contributed by atoms with Crippen molar-refractivity contribution < 1.29 is 0 Å². The van der Waals surface area contributed by atoms with E-state index in [1.807, 2.05) is 19.3 Å². The molecule has 0 N–H and O–H groups in total. The van der Waals surface area contributed by atoms with Crippen molar-refractivity contribution in [2.75, 3.05) is 0 Å². The fraction of sp³-hybridized carbons (Fsp3) is 0.125. The third-order valence-electron chi connectivity index (χ3n) is 1.62. The van der Waals surface area contributed by atoms with Crippen LogP contribution in [0.5, 0.6) is 0 Å². The Morgan fingerprint density at radius 1 is 1.46 bits per heavy atom. The SMILES string of the molecule is Cn1ccc(-c2ncncc2Cl)n1. The Balaban J connectivity index is 2.52. The quantitative estimate of drug-likeness (QED) is 0.692. The highest BCUT2D eigenvalue weighted by atomic mass is 35.5. The highest BCUT2D eigenvalue weighted by molar-refractivity contribution is 6.32. The Hall–Kier alpha value is -1.42. The van der Waals surface area contributed by atoms with Gasteiger partial charge in [0.05, 0.1) is 5.02 Å². The Bertz CT molecular complexity index is 424. The van der Waals surface area contributed by atoms with E-state index in [1.165, 1.54) is 6.33 Å².